The Balaban J connectivity index is 1.50. The van der Waals surface area contributed by atoms with Gasteiger partial charge >= 0.3 is 0 Å². The molecular formula is C19H31N3O3. The number of aromatic nitrogens is 2. The van der Waals surface area contributed by atoms with Gasteiger partial charge in [0.1, 0.15) is 18.5 Å². The van der Waals surface area contributed by atoms with Gasteiger partial charge in [-0.1, -0.05) is 19.8 Å². The summed E-state index contributed by atoms with van der Waals surface area (Å²) in [6.07, 6.45) is 9.56. The van der Waals surface area contributed by atoms with E-state index in [-0.39, 0.29) is 24.5 Å². The van der Waals surface area contributed by atoms with Crippen LogP contribution in [0.25, 0.3) is 0 Å². The number of hydrogen-bond donors (Lipinski definition) is 1. The van der Waals surface area contributed by atoms with Crippen molar-refractivity contribution in [2.45, 2.75) is 57.7 Å². The maximum Gasteiger partial charge on any atom is 0.248 e. The molecule has 0 aromatic carbocycles. The minimum absolute atomic E-state index is 0.0357. The average molecular weight is 349 g/mol. The molecule has 25 heavy (non-hydrogen) atoms. The van der Waals surface area contributed by atoms with Gasteiger partial charge in [0.15, 0.2) is 0 Å². The van der Waals surface area contributed by atoms with Crippen LogP contribution in [0, 0.1) is 11.8 Å². The summed E-state index contributed by atoms with van der Waals surface area (Å²) in [5, 5.41) is 10.6. The van der Waals surface area contributed by atoms with Gasteiger partial charge in [-0.3, -0.25) is 4.79 Å². The highest BCUT2D eigenvalue weighted by Gasteiger charge is 2.31. The molecule has 2 aliphatic rings. The van der Waals surface area contributed by atoms with E-state index in [0.717, 1.165) is 32.2 Å². The lowest BCUT2D eigenvalue weighted by Crippen LogP contribution is -2.44. The van der Waals surface area contributed by atoms with E-state index in [0.29, 0.717) is 18.3 Å². The Kier molecular flexibility index (Phi) is 6.12. The molecule has 1 aliphatic heterocycles. The number of nitrogens with zero attached hydrogens (tertiary/aromatic N) is 3. The Bertz CT molecular complexity index is 574. The zero-order chi connectivity index (χ0) is 17.8. The summed E-state index contributed by atoms with van der Waals surface area (Å²) in [6.45, 7) is 3.76. The highest BCUT2D eigenvalue weighted by molar-refractivity contribution is 5.77. The number of likely N-dealkylation sites (tertiary alicyclic amines) is 1. The monoisotopic (exact) mass is 349 g/mol. The number of imidazole rings is 1. The fraction of sp³-hybridized carbons (Fsp3) is 0.789. The zero-order valence-electron chi connectivity index (χ0n) is 15.4. The fourth-order valence-corrected chi connectivity index (χ4v) is 4.18. The number of hydrogen-bond acceptors (Lipinski definition) is 4. The molecule has 1 N–H and O–H groups in total. The molecule has 4 unspecified atom stereocenters. The predicted molar refractivity (Wildman–Crippen MR) is 94.8 cm³/mol. The maximum absolute atomic E-state index is 12.5. The largest absolute Gasteiger partial charge is 0.385 e. The molecular weight excluding hydrogens is 318 g/mol. The molecule has 1 saturated carbocycles. The third-order valence-corrected chi connectivity index (χ3v) is 5.71. The van der Waals surface area contributed by atoms with E-state index in [4.69, 9.17) is 4.74 Å². The SMILES string of the molecule is CC1CCCC(OCC(=O)N2CCCC(C(O)c3nccn3C)C2)C1. The van der Waals surface area contributed by atoms with Gasteiger partial charge in [0.25, 0.3) is 0 Å². The van der Waals surface area contributed by atoms with Crippen LogP contribution in [-0.4, -0.2) is 51.3 Å². The number of carbonyl (C=O) groups is 1. The van der Waals surface area contributed by atoms with E-state index in [2.05, 4.69) is 11.9 Å². The number of aliphatic hydroxyl groups excluding tert-OH is 1. The quantitative estimate of drug-likeness (QED) is 0.886. The number of ether oxygens (including phenoxy) is 1. The van der Waals surface area contributed by atoms with Crippen molar-refractivity contribution in [2.24, 2.45) is 18.9 Å². The second-order valence-corrected chi connectivity index (χ2v) is 7.79. The second-order valence-electron chi connectivity index (χ2n) is 7.79. The highest BCUT2D eigenvalue weighted by Crippen LogP contribution is 2.29. The zero-order valence-corrected chi connectivity index (χ0v) is 15.4. The fourth-order valence-electron chi connectivity index (χ4n) is 4.18. The van der Waals surface area contributed by atoms with Crippen molar-refractivity contribution in [3.63, 3.8) is 0 Å². The Labute approximate surface area is 150 Å². The number of aryl methyl sites for hydroxylation is 1. The van der Waals surface area contributed by atoms with Crippen LogP contribution in [0.4, 0.5) is 0 Å². The number of carbonyl (C=O) groups excluding carboxylic acids is 1. The summed E-state index contributed by atoms with van der Waals surface area (Å²) in [4.78, 5) is 18.6. The van der Waals surface area contributed by atoms with Crippen molar-refractivity contribution in [3.05, 3.63) is 18.2 Å². The number of piperidine rings is 1. The van der Waals surface area contributed by atoms with Crippen molar-refractivity contribution in [1.29, 1.82) is 0 Å². The van der Waals surface area contributed by atoms with Crippen LogP contribution in [-0.2, 0) is 16.6 Å². The first kappa shape index (κ1) is 18.4. The average Bonchev–Trinajstić information content (AvgIpc) is 3.05. The lowest BCUT2D eigenvalue weighted by Gasteiger charge is -2.35. The smallest absolute Gasteiger partial charge is 0.248 e. The van der Waals surface area contributed by atoms with Gasteiger partial charge in [-0.15, -0.1) is 0 Å². The molecule has 2 fully saturated rings. The van der Waals surface area contributed by atoms with E-state index in [1.165, 1.54) is 12.8 Å². The molecule has 1 saturated heterocycles. The summed E-state index contributed by atoms with van der Waals surface area (Å²) in [7, 11) is 1.89. The van der Waals surface area contributed by atoms with Crippen molar-refractivity contribution >= 4 is 5.91 Å². The van der Waals surface area contributed by atoms with Crippen molar-refractivity contribution in [3.8, 4) is 0 Å². The first-order valence-electron chi connectivity index (χ1n) is 9.59. The van der Waals surface area contributed by atoms with Crippen LogP contribution in [0.3, 0.4) is 0 Å². The lowest BCUT2D eigenvalue weighted by atomic mass is 9.89. The van der Waals surface area contributed by atoms with Gasteiger partial charge in [-0.05, 0) is 31.6 Å². The Morgan fingerprint density at radius 1 is 1.40 bits per heavy atom. The van der Waals surface area contributed by atoms with E-state index in [1.807, 2.05) is 22.7 Å². The van der Waals surface area contributed by atoms with Crippen LogP contribution in [0.1, 0.15) is 57.4 Å². The van der Waals surface area contributed by atoms with Crippen molar-refractivity contribution in [1.82, 2.24) is 14.5 Å². The second kappa shape index (κ2) is 8.32. The number of aliphatic hydroxyl groups is 1. The van der Waals surface area contributed by atoms with E-state index < -0.39 is 6.10 Å². The third kappa shape index (κ3) is 4.61. The van der Waals surface area contributed by atoms with Gasteiger partial charge in [0.2, 0.25) is 5.91 Å². The molecule has 2 heterocycles. The standard InChI is InChI=1S/C19H31N3O3/c1-14-5-3-7-16(11-14)25-13-17(23)22-9-4-6-15(12-22)18(24)19-20-8-10-21(19)2/h8,10,14-16,18,24H,3-7,9,11-13H2,1-2H3. The van der Waals surface area contributed by atoms with Crippen LogP contribution in [0.5, 0.6) is 0 Å². The first-order chi connectivity index (χ1) is 12.0. The third-order valence-electron chi connectivity index (χ3n) is 5.71. The van der Waals surface area contributed by atoms with Crippen LogP contribution in [0.2, 0.25) is 0 Å². The molecule has 140 valence electrons. The molecule has 0 spiro atoms. The summed E-state index contributed by atoms with van der Waals surface area (Å²) >= 11 is 0. The topological polar surface area (TPSA) is 67.6 Å². The summed E-state index contributed by atoms with van der Waals surface area (Å²) in [5.74, 6) is 1.45. The molecule has 1 amide bonds. The lowest BCUT2D eigenvalue weighted by molar-refractivity contribution is -0.142. The highest BCUT2D eigenvalue weighted by atomic mass is 16.5. The molecule has 4 atom stereocenters. The van der Waals surface area contributed by atoms with Gasteiger partial charge in [0.05, 0.1) is 6.10 Å². The molecule has 0 bridgehead atoms. The van der Waals surface area contributed by atoms with Crippen molar-refractivity contribution in [2.75, 3.05) is 19.7 Å². The van der Waals surface area contributed by atoms with E-state index in [9.17, 15) is 9.90 Å². The van der Waals surface area contributed by atoms with Crippen LogP contribution < -0.4 is 0 Å². The summed E-state index contributed by atoms with van der Waals surface area (Å²) in [6, 6.07) is 0. The normalized spacial score (nSPS) is 28.8. The predicted octanol–water partition coefficient (Wildman–Crippen LogP) is 2.29. The molecule has 3 rings (SSSR count). The minimum Gasteiger partial charge on any atom is -0.385 e. The molecule has 1 aliphatic carbocycles. The molecule has 0 radical (unpaired) electrons. The summed E-state index contributed by atoms with van der Waals surface area (Å²) in [5.41, 5.74) is 0. The van der Waals surface area contributed by atoms with Gasteiger partial charge in [0, 0.05) is 38.4 Å². The Hall–Kier alpha value is -1.40. The Morgan fingerprint density at radius 2 is 2.24 bits per heavy atom. The number of amides is 1. The molecule has 6 nitrogen and oxygen atoms in total. The van der Waals surface area contributed by atoms with Crippen molar-refractivity contribution < 1.29 is 14.6 Å². The van der Waals surface area contributed by atoms with Gasteiger partial charge in [-0.2, -0.15) is 0 Å². The molecule has 1 aromatic heterocycles. The van der Waals surface area contributed by atoms with Crippen LogP contribution >= 0.6 is 0 Å². The van der Waals surface area contributed by atoms with E-state index in [1.54, 1.807) is 6.20 Å². The van der Waals surface area contributed by atoms with Gasteiger partial charge in [-0.25, -0.2) is 4.98 Å². The van der Waals surface area contributed by atoms with Gasteiger partial charge < -0.3 is 19.3 Å². The van der Waals surface area contributed by atoms with Crippen LogP contribution in [0.15, 0.2) is 12.4 Å². The number of rotatable bonds is 5. The maximum atomic E-state index is 12.5. The minimum atomic E-state index is -0.629. The summed E-state index contributed by atoms with van der Waals surface area (Å²) < 4.78 is 7.73. The molecule has 1 aromatic rings. The first-order valence-corrected chi connectivity index (χ1v) is 9.59. The molecule has 6 heteroatoms. The Morgan fingerprint density at radius 3 is 2.96 bits per heavy atom. The van der Waals surface area contributed by atoms with E-state index >= 15 is 0 Å².